The largest absolute Gasteiger partial charge is 0.454 e. The summed E-state index contributed by atoms with van der Waals surface area (Å²) in [5.74, 6) is -2.87. The van der Waals surface area contributed by atoms with E-state index in [0.717, 1.165) is 4.90 Å². The lowest BCUT2D eigenvalue weighted by Crippen LogP contribution is -2.45. The number of nitrogens with zero attached hydrogens (tertiary/aromatic N) is 1. The Kier molecular flexibility index (Phi) is 5.01. The van der Waals surface area contributed by atoms with Crippen LogP contribution in [0.5, 0.6) is 0 Å². The number of carbonyl (C=O) groups excluding carboxylic acids is 4. The van der Waals surface area contributed by atoms with Gasteiger partial charge in [0.2, 0.25) is 0 Å². The second kappa shape index (κ2) is 7.10. The SMILES string of the molecule is C[C@H](C(=O)OCC(=O)N[C@H]1CCS(=O)(=O)C1)N1C(=O)c2ccccc2C1=O. The zero-order chi connectivity index (χ0) is 19.8. The molecule has 9 nitrogen and oxygen atoms in total. The summed E-state index contributed by atoms with van der Waals surface area (Å²) < 4.78 is 27.6. The molecule has 2 heterocycles. The fraction of sp³-hybridized carbons (Fsp3) is 0.412. The minimum absolute atomic E-state index is 0.00844. The molecule has 1 aromatic rings. The first-order chi connectivity index (χ1) is 12.7. The number of benzene rings is 1. The Morgan fingerprint density at radius 2 is 1.81 bits per heavy atom. The highest BCUT2D eigenvalue weighted by Gasteiger charge is 2.41. The van der Waals surface area contributed by atoms with E-state index >= 15 is 0 Å². The van der Waals surface area contributed by atoms with E-state index in [1.165, 1.54) is 19.1 Å². The minimum Gasteiger partial charge on any atom is -0.454 e. The van der Waals surface area contributed by atoms with Crippen molar-refractivity contribution in [3.05, 3.63) is 35.4 Å². The Bertz CT molecular complexity index is 890. The van der Waals surface area contributed by atoms with Crippen LogP contribution in [0.15, 0.2) is 24.3 Å². The summed E-state index contributed by atoms with van der Waals surface area (Å²) in [5, 5.41) is 2.49. The normalized spacial score (nSPS) is 21.7. The molecule has 144 valence electrons. The number of ether oxygens (including phenoxy) is 1. The van der Waals surface area contributed by atoms with Crippen LogP contribution < -0.4 is 5.32 Å². The van der Waals surface area contributed by atoms with Crippen LogP contribution in [0.25, 0.3) is 0 Å². The van der Waals surface area contributed by atoms with Crippen molar-refractivity contribution < 1.29 is 32.3 Å². The van der Waals surface area contributed by atoms with E-state index in [0.29, 0.717) is 6.42 Å². The Balaban J connectivity index is 1.55. The van der Waals surface area contributed by atoms with Gasteiger partial charge in [-0.05, 0) is 25.5 Å². The van der Waals surface area contributed by atoms with Gasteiger partial charge < -0.3 is 10.1 Å². The summed E-state index contributed by atoms with van der Waals surface area (Å²) in [5.41, 5.74) is 0.421. The number of nitrogens with one attached hydrogen (secondary N) is 1. The Labute approximate surface area is 155 Å². The van der Waals surface area contributed by atoms with Crippen molar-refractivity contribution in [3.8, 4) is 0 Å². The molecule has 1 aromatic carbocycles. The summed E-state index contributed by atoms with van der Waals surface area (Å²) in [6.07, 6.45) is 0.313. The van der Waals surface area contributed by atoms with Gasteiger partial charge in [0, 0.05) is 6.04 Å². The van der Waals surface area contributed by atoms with Gasteiger partial charge in [0.15, 0.2) is 16.4 Å². The quantitative estimate of drug-likeness (QED) is 0.528. The smallest absolute Gasteiger partial charge is 0.329 e. The van der Waals surface area contributed by atoms with Crippen LogP contribution in [0.3, 0.4) is 0 Å². The molecule has 1 fully saturated rings. The highest BCUT2D eigenvalue weighted by molar-refractivity contribution is 7.91. The van der Waals surface area contributed by atoms with E-state index in [4.69, 9.17) is 4.74 Å². The first-order valence-electron chi connectivity index (χ1n) is 8.33. The third-order valence-electron chi connectivity index (χ3n) is 4.50. The highest BCUT2D eigenvalue weighted by Crippen LogP contribution is 2.24. The van der Waals surface area contributed by atoms with Crippen molar-refractivity contribution >= 4 is 33.5 Å². The molecule has 27 heavy (non-hydrogen) atoms. The molecule has 1 N–H and O–H groups in total. The molecule has 3 rings (SSSR count). The number of carbonyl (C=O) groups is 4. The van der Waals surface area contributed by atoms with Gasteiger partial charge in [0.25, 0.3) is 17.7 Å². The van der Waals surface area contributed by atoms with E-state index in [9.17, 15) is 27.6 Å². The highest BCUT2D eigenvalue weighted by atomic mass is 32.2. The summed E-state index contributed by atoms with van der Waals surface area (Å²) in [6.45, 7) is 0.717. The van der Waals surface area contributed by atoms with Gasteiger partial charge in [-0.2, -0.15) is 0 Å². The molecular formula is C17H18N2O7S. The summed E-state index contributed by atoms with van der Waals surface area (Å²) in [6, 6.07) is 4.52. The summed E-state index contributed by atoms with van der Waals surface area (Å²) in [7, 11) is -3.14. The molecule has 0 bridgehead atoms. The van der Waals surface area contributed by atoms with Gasteiger partial charge in [-0.1, -0.05) is 12.1 Å². The maximum atomic E-state index is 12.3. The summed E-state index contributed by atoms with van der Waals surface area (Å²) >= 11 is 0. The third kappa shape index (κ3) is 3.85. The topological polar surface area (TPSA) is 127 Å². The zero-order valence-corrected chi connectivity index (χ0v) is 15.3. The summed E-state index contributed by atoms with van der Waals surface area (Å²) in [4.78, 5) is 49.5. The standard InChI is InChI=1S/C17H18N2O7S/c1-10(19-15(21)12-4-2-3-5-13(12)16(19)22)17(23)26-8-14(20)18-11-6-7-27(24,25)9-11/h2-5,10-11H,6-9H2,1H3,(H,18,20)/t10-,11+/m1/s1. The number of sulfone groups is 1. The maximum absolute atomic E-state index is 12.3. The first-order valence-corrected chi connectivity index (χ1v) is 10.1. The van der Waals surface area contributed by atoms with Crippen LogP contribution in [0.2, 0.25) is 0 Å². The van der Waals surface area contributed by atoms with Crippen molar-refractivity contribution in [2.45, 2.75) is 25.4 Å². The molecule has 1 saturated heterocycles. The molecule has 0 saturated carbocycles. The van der Waals surface area contributed by atoms with E-state index in [1.54, 1.807) is 12.1 Å². The van der Waals surface area contributed by atoms with Crippen molar-refractivity contribution in [2.24, 2.45) is 0 Å². The van der Waals surface area contributed by atoms with Crippen molar-refractivity contribution in [1.29, 1.82) is 0 Å². The van der Waals surface area contributed by atoms with Gasteiger partial charge in [-0.25, -0.2) is 13.2 Å². The Morgan fingerprint density at radius 1 is 1.22 bits per heavy atom. The Hall–Kier alpha value is -2.75. The van der Waals surface area contributed by atoms with E-state index in [-0.39, 0.29) is 22.6 Å². The predicted molar refractivity (Wildman–Crippen MR) is 92.6 cm³/mol. The van der Waals surface area contributed by atoms with Crippen molar-refractivity contribution in [1.82, 2.24) is 10.2 Å². The number of hydrogen-bond donors (Lipinski definition) is 1. The van der Waals surface area contributed by atoms with Crippen LogP contribution in [0.4, 0.5) is 0 Å². The van der Waals surface area contributed by atoms with Gasteiger partial charge >= 0.3 is 5.97 Å². The molecule has 2 atom stereocenters. The molecule has 0 spiro atoms. The second-order valence-corrected chi connectivity index (χ2v) is 8.71. The van der Waals surface area contributed by atoms with Gasteiger partial charge in [0.1, 0.15) is 6.04 Å². The van der Waals surface area contributed by atoms with Gasteiger partial charge in [0.05, 0.1) is 22.6 Å². The molecule has 2 aliphatic rings. The number of amides is 3. The average Bonchev–Trinajstić information content (AvgIpc) is 3.09. The van der Waals surface area contributed by atoms with Gasteiger partial charge in [-0.3, -0.25) is 19.3 Å². The monoisotopic (exact) mass is 394 g/mol. The molecule has 0 radical (unpaired) electrons. The van der Waals surface area contributed by atoms with E-state index in [2.05, 4.69) is 5.32 Å². The van der Waals surface area contributed by atoms with Crippen molar-refractivity contribution in [3.63, 3.8) is 0 Å². The third-order valence-corrected chi connectivity index (χ3v) is 6.26. The fourth-order valence-electron chi connectivity index (χ4n) is 3.10. The second-order valence-electron chi connectivity index (χ2n) is 6.48. The molecule has 2 aliphatic heterocycles. The lowest BCUT2D eigenvalue weighted by Gasteiger charge is -2.21. The first kappa shape index (κ1) is 19.0. The zero-order valence-electron chi connectivity index (χ0n) is 14.5. The number of fused-ring (bicyclic) bond motifs is 1. The molecule has 10 heteroatoms. The van der Waals surface area contributed by atoms with Crippen molar-refractivity contribution in [2.75, 3.05) is 18.1 Å². The molecule has 0 aromatic heterocycles. The predicted octanol–water partition coefficient (Wildman–Crippen LogP) is -0.482. The lowest BCUT2D eigenvalue weighted by atomic mass is 10.1. The average molecular weight is 394 g/mol. The number of esters is 1. The van der Waals surface area contributed by atoms with Gasteiger partial charge in [-0.15, -0.1) is 0 Å². The van der Waals surface area contributed by atoms with Crippen LogP contribution in [0.1, 0.15) is 34.1 Å². The fourth-order valence-corrected chi connectivity index (χ4v) is 4.77. The maximum Gasteiger partial charge on any atom is 0.329 e. The Morgan fingerprint density at radius 3 is 2.33 bits per heavy atom. The number of imide groups is 1. The van der Waals surface area contributed by atoms with E-state index in [1.807, 2.05) is 0 Å². The molecular weight excluding hydrogens is 376 g/mol. The van der Waals surface area contributed by atoms with Crippen LogP contribution >= 0.6 is 0 Å². The molecule has 0 aliphatic carbocycles. The van der Waals surface area contributed by atoms with Crippen LogP contribution in [0, 0.1) is 0 Å². The molecule has 3 amide bonds. The number of hydrogen-bond acceptors (Lipinski definition) is 7. The molecule has 0 unspecified atom stereocenters. The van der Waals surface area contributed by atoms with Crippen LogP contribution in [-0.2, 0) is 24.2 Å². The lowest BCUT2D eigenvalue weighted by molar-refractivity contribution is -0.152. The van der Waals surface area contributed by atoms with Crippen LogP contribution in [-0.4, -0.2) is 67.2 Å². The van der Waals surface area contributed by atoms with E-state index < -0.39 is 52.2 Å². The number of rotatable bonds is 5. The minimum atomic E-state index is -3.14.